The van der Waals surface area contributed by atoms with Crippen LogP contribution in [0.25, 0.3) is 0 Å². The van der Waals surface area contributed by atoms with Crippen molar-refractivity contribution in [1.29, 1.82) is 0 Å². The average Bonchev–Trinajstić information content (AvgIpc) is 2.81. The van der Waals surface area contributed by atoms with Gasteiger partial charge in [0.1, 0.15) is 0 Å². The maximum absolute atomic E-state index is 14.0. The van der Waals surface area contributed by atoms with Crippen LogP contribution in [0.5, 0.6) is 0 Å². The van der Waals surface area contributed by atoms with Crippen molar-refractivity contribution in [3.63, 3.8) is 0 Å². The van der Waals surface area contributed by atoms with E-state index in [2.05, 4.69) is 32.6 Å². The maximum atomic E-state index is 14.0. The molecule has 1 aliphatic heterocycles. The van der Waals surface area contributed by atoms with Crippen molar-refractivity contribution in [1.82, 2.24) is 4.90 Å². The van der Waals surface area contributed by atoms with Gasteiger partial charge in [-0.2, -0.15) is 0 Å². The summed E-state index contributed by atoms with van der Waals surface area (Å²) in [6, 6.07) is 0.854. The summed E-state index contributed by atoms with van der Waals surface area (Å²) in [7, 11) is 0. The van der Waals surface area contributed by atoms with Crippen LogP contribution in [-0.4, -0.2) is 29.5 Å². The lowest BCUT2D eigenvalue weighted by Crippen LogP contribution is -2.45. The Kier molecular flexibility index (Phi) is 2.79. The number of hydrogen-bond acceptors (Lipinski definition) is 1. The summed E-state index contributed by atoms with van der Waals surface area (Å²) in [5.74, 6) is -1.14. The molecule has 0 aromatic carbocycles. The van der Waals surface area contributed by atoms with E-state index in [4.69, 9.17) is 0 Å². The molecule has 1 heterocycles. The number of fused-ring (bicyclic) bond motifs is 5. The Labute approximate surface area is 109 Å². The largest absolute Gasteiger partial charge is 0.297 e. The first-order valence-corrected chi connectivity index (χ1v) is 7.46. The minimum absolute atomic E-state index is 0.162. The van der Waals surface area contributed by atoms with Gasteiger partial charge in [-0.25, -0.2) is 8.78 Å². The highest BCUT2D eigenvalue weighted by atomic mass is 19.3. The molecule has 1 saturated heterocycles. The normalized spacial score (nSPS) is 46.3. The van der Waals surface area contributed by atoms with E-state index in [1.807, 2.05) is 0 Å². The molecule has 0 radical (unpaired) electrons. The van der Waals surface area contributed by atoms with Gasteiger partial charge in [0.2, 0.25) is 0 Å². The van der Waals surface area contributed by atoms with Crippen molar-refractivity contribution < 1.29 is 8.78 Å². The second-order valence-electron chi connectivity index (χ2n) is 7.33. The molecule has 18 heavy (non-hydrogen) atoms. The third-order valence-electron chi connectivity index (χ3n) is 5.74. The fourth-order valence-electron chi connectivity index (χ4n) is 5.19. The van der Waals surface area contributed by atoms with Crippen LogP contribution in [0.4, 0.5) is 8.78 Å². The first-order valence-electron chi connectivity index (χ1n) is 7.46. The Bertz CT molecular complexity index is 339. The highest BCUT2D eigenvalue weighted by molar-refractivity contribution is 5.12. The second kappa shape index (κ2) is 3.91. The molecule has 3 rings (SSSR count). The number of nitrogens with zero attached hydrogens (tertiary/aromatic N) is 1. The van der Waals surface area contributed by atoms with E-state index in [1.54, 1.807) is 0 Å². The van der Waals surface area contributed by atoms with Crippen molar-refractivity contribution in [2.45, 2.75) is 58.5 Å². The SMILES string of the molecule is CC(C)C1C2C(CN1C(C)C)C1CC2C(F)(F)C1. The van der Waals surface area contributed by atoms with E-state index in [1.165, 1.54) is 0 Å². The summed E-state index contributed by atoms with van der Waals surface area (Å²) in [5, 5.41) is 0. The zero-order valence-corrected chi connectivity index (χ0v) is 11.9. The minimum atomic E-state index is -2.38. The van der Waals surface area contributed by atoms with E-state index in [0.717, 1.165) is 13.0 Å². The van der Waals surface area contributed by atoms with E-state index < -0.39 is 5.92 Å². The van der Waals surface area contributed by atoms with Gasteiger partial charge >= 0.3 is 0 Å². The molecule has 0 N–H and O–H groups in total. The fourth-order valence-corrected chi connectivity index (χ4v) is 5.19. The highest BCUT2D eigenvalue weighted by Gasteiger charge is 2.66. The predicted molar refractivity (Wildman–Crippen MR) is 68.6 cm³/mol. The lowest BCUT2D eigenvalue weighted by atomic mass is 9.74. The van der Waals surface area contributed by atoms with Crippen LogP contribution in [0, 0.1) is 29.6 Å². The van der Waals surface area contributed by atoms with E-state index in [9.17, 15) is 8.78 Å². The monoisotopic (exact) mass is 257 g/mol. The molecule has 2 aliphatic carbocycles. The Hall–Kier alpha value is -0.180. The molecule has 0 aromatic rings. The van der Waals surface area contributed by atoms with Crippen LogP contribution < -0.4 is 0 Å². The van der Waals surface area contributed by atoms with E-state index >= 15 is 0 Å². The van der Waals surface area contributed by atoms with Crippen LogP contribution in [0.3, 0.4) is 0 Å². The molecule has 5 unspecified atom stereocenters. The average molecular weight is 257 g/mol. The maximum Gasteiger partial charge on any atom is 0.251 e. The van der Waals surface area contributed by atoms with Crippen molar-refractivity contribution in [3.8, 4) is 0 Å². The minimum Gasteiger partial charge on any atom is -0.297 e. The summed E-state index contributed by atoms with van der Waals surface area (Å²) in [6.07, 6.45) is 0.951. The quantitative estimate of drug-likeness (QED) is 0.730. The Morgan fingerprint density at radius 2 is 1.83 bits per heavy atom. The van der Waals surface area contributed by atoms with Crippen molar-refractivity contribution in [2.75, 3.05) is 6.54 Å². The molecular weight excluding hydrogens is 232 g/mol. The van der Waals surface area contributed by atoms with Gasteiger partial charge in [0.15, 0.2) is 0 Å². The van der Waals surface area contributed by atoms with Crippen molar-refractivity contribution in [3.05, 3.63) is 0 Å². The topological polar surface area (TPSA) is 3.24 Å². The smallest absolute Gasteiger partial charge is 0.251 e. The number of halogens is 2. The Morgan fingerprint density at radius 3 is 2.39 bits per heavy atom. The standard InChI is InChI=1S/C15H25F2N/c1-8(2)14-13-11(7-18(14)9(3)4)10-5-12(13)15(16,17)6-10/h8-14H,5-7H2,1-4H3. The molecule has 3 fully saturated rings. The number of likely N-dealkylation sites (tertiary alicyclic amines) is 1. The van der Waals surface area contributed by atoms with Crippen LogP contribution in [0.1, 0.15) is 40.5 Å². The van der Waals surface area contributed by atoms with Gasteiger partial charge in [-0.1, -0.05) is 13.8 Å². The molecule has 5 atom stereocenters. The van der Waals surface area contributed by atoms with E-state index in [0.29, 0.717) is 29.8 Å². The number of hydrogen-bond donors (Lipinski definition) is 0. The first kappa shape index (κ1) is 12.8. The molecule has 2 saturated carbocycles. The lowest BCUT2D eigenvalue weighted by molar-refractivity contribution is -0.0874. The second-order valence-corrected chi connectivity index (χ2v) is 7.33. The third kappa shape index (κ3) is 1.59. The summed E-state index contributed by atoms with van der Waals surface area (Å²) in [5.41, 5.74) is 0. The summed E-state index contributed by atoms with van der Waals surface area (Å²) < 4.78 is 28.0. The zero-order valence-electron chi connectivity index (χ0n) is 11.9. The van der Waals surface area contributed by atoms with Crippen molar-refractivity contribution >= 4 is 0 Å². The van der Waals surface area contributed by atoms with Gasteiger partial charge in [0, 0.05) is 31.0 Å². The summed E-state index contributed by atoms with van der Waals surface area (Å²) >= 11 is 0. The van der Waals surface area contributed by atoms with Crippen LogP contribution >= 0.6 is 0 Å². The van der Waals surface area contributed by atoms with Gasteiger partial charge in [-0.3, -0.25) is 4.90 Å². The molecule has 3 heteroatoms. The lowest BCUT2D eigenvalue weighted by Gasteiger charge is -2.38. The molecule has 2 bridgehead atoms. The molecule has 0 spiro atoms. The first-order chi connectivity index (χ1) is 8.33. The van der Waals surface area contributed by atoms with Gasteiger partial charge in [0.05, 0.1) is 0 Å². The predicted octanol–water partition coefficient (Wildman–Crippen LogP) is 3.64. The Balaban J connectivity index is 1.91. The van der Waals surface area contributed by atoms with Gasteiger partial charge in [0.25, 0.3) is 5.92 Å². The van der Waals surface area contributed by atoms with Gasteiger partial charge in [-0.15, -0.1) is 0 Å². The molecule has 0 aromatic heterocycles. The summed E-state index contributed by atoms with van der Waals surface area (Å²) in [6.45, 7) is 9.87. The molecule has 3 aliphatic rings. The van der Waals surface area contributed by atoms with Crippen molar-refractivity contribution in [2.24, 2.45) is 29.6 Å². The molecule has 104 valence electrons. The number of rotatable bonds is 2. The van der Waals surface area contributed by atoms with Gasteiger partial charge < -0.3 is 0 Å². The summed E-state index contributed by atoms with van der Waals surface area (Å²) in [4.78, 5) is 2.50. The fraction of sp³-hybridized carbons (Fsp3) is 1.00. The van der Waals surface area contributed by atoms with Crippen LogP contribution in [-0.2, 0) is 0 Å². The molecule has 0 amide bonds. The number of alkyl halides is 2. The van der Waals surface area contributed by atoms with Gasteiger partial charge in [-0.05, 0) is 43.9 Å². The van der Waals surface area contributed by atoms with Crippen LogP contribution in [0.15, 0.2) is 0 Å². The molecular formula is C15H25F2N. The molecule has 1 nitrogen and oxygen atoms in total. The van der Waals surface area contributed by atoms with E-state index in [-0.39, 0.29) is 18.3 Å². The highest BCUT2D eigenvalue weighted by Crippen LogP contribution is 2.63. The third-order valence-corrected chi connectivity index (χ3v) is 5.74. The zero-order chi connectivity index (χ0) is 13.2. The van der Waals surface area contributed by atoms with Crippen LogP contribution in [0.2, 0.25) is 0 Å². The Morgan fingerprint density at radius 1 is 1.17 bits per heavy atom.